The number of nitrogens with one attached hydrogen (secondary N) is 1. The predicted molar refractivity (Wildman–Crippen MR) is 38.8 cm³/mol. The molecule has 0 amide bonds. The summed E-state index contributed by atoms with van der Waals surface area (Å²) in [7, 11) is 1.28. The first-order valence-electron chi connectivity index (χ1n) is 2.56. The van der Waals surface area contributed by atoms with E-state index in [1.807, 2.05) is 0 Å². The van der Waals surface area contributed by atoms with Crippen LogP contribution in [0.3, 0.4) is 0 Å². The van der Waals surface area contributed by atoms with Gasteiger partial charge < -0.3 is 14.8 Å². The quantitative estimate of drug-likeness (QED) is 0.529. The standard InChI is InChI=1S/C5H6N2O3.Na/c1-10-3-4(8)6-2-7-5(3)9;/h2H,1H3,(H2,6,7,8,9);. The Morgan fingerprint density at radius 3 is 2.73 bits per heavy atom. The smallest absolute Gasteiger partial charge is 0.297 e. The van der Waals surface area contributed by atoms with Crippen molar-refractivity contribution < 1.29 is 9.84 Å². The predicted octanol–water partition coefficient (Wildman–Crippen LogP) is -0.897. The molecule has 5 nitrogen and oxygen atoms in total. The van der Waals surface area contributed by atoms with Crippen LogP contribution in [0.2, 0.25) is 0 Å². The van der Waals surface area contributed by atoms with E-state index in [9.17, 15) is 4.79 Å². The van der Waals surface area contributed by atoms with Gasteiger partial charge in [0, 0.05) is 29.6 Å². The van der Waals surface area contributed by atoms with Gasteiger partial charge in [0.05, 0.1) is 13.4 Å². The van der Waals surface area contributed by atoms with Gasteiger partial charge in [0.1, 0.15) is 0 Å². The Morgan fingerprint density at radius 2 is 2.36 bits per heavy atom. The molecule has 0 spiro atoms. The van der Waals surface area contributed by atoms with Crippen molar-refractivity contribution in [2.24, 2.45) is 0 Å². The number of aromatic hydroxyl groups is 1. The molecule has 2 N–H and O–H groups in total. The molecule has 0 aliphatic heterocycles. The first-order valence-corrected chi connectivity index (χ1v) is 2.56. The molecule has 0 aliphatic carbocycles. The van der Waals surface area contributed by atoms with Crippen LogP contribution in [0.4, 0.5) is 0 Å². The SMILES string of the molecule is COc1c(O)nc[nH]c1=O.[Na]. The van der Waals surface area contributed by atoms with Crippen molar-refractivity contribution >= 4 is 29.6 Å². The van der Waals surface area contributed by atoms with Crippen LogP contribution in [0.5, 0.6) is 11.6 Å². The summed E-state index contributed by atoms with van der Waals surface area (Å²) < 4.78 is 4.52. The first-order chi connectivity index (χ1) is 4.75. The Hall–Kier alpha value is -0.520. The molecule has 0 atom stereocenters. The largest absolute Gasteiger partial charge is 0.490 e. The fraction of sp³-hybridized carbons (Fsp3) is 0.200. The number of aromatic nitrogens is 2. The fourth-order valence-electron chi connectivity index (χ4n) is 0.562. The molecule has 6 heteroatoms. The van der Waals surface area contributed by atoms with Crippen LogP contribution >= 0.6 is 0 Å². The Kier molecular flexibility index (Phi) is 4.17. The van der Waals surface area contributed by atoms with E-state index in [-0.39, 0.29) is 35.3 Å². The van der Waals surface area contributed by atoms with E-state index in [0.29, 0.717) is 0 Å². The number of hydrogen-bond donors (Lipinski definition) is 2. The van der Waals surface area contributed by atoms with Gasteiger partial charge in [0.25, 0.3) is 11.4 Å². The third-order valence-corrected chi connectivity index (χ3v) is 0.996. The third-order valence-electron chi connectivity index (χ3n) is 0.996. The van der Waals surface area contributed by atoms with E-state index in [4.69, 9.17) is 5.11 Å². The summed E-state index contributed by atoms with van der Waals surface area (Å²) in [5.41, 5.74) is -0.491. The molecule has 1 radical (unpaired) electrons. The molecular weight excluding hydrogens is 159 g/mol. The zero-order chi connectivity index (χ0) is 7.56. The molecule has 1 aromatic rings. The van der Waals surface area contributed by atoms with Crippen LogP contribution in [0, 0.1) is 0 Å². The molecule has 1 rings (SSSR count). The Labute approximate surface area is 84.7 Å². The number of ether oxygens (including phenoxy) is 1. The van der Waals surface area contributed by atoms with Crippen LogP contribution in [-0.2, 0) is 0 Å². The topological polar surface area (TPSA) is 75.2 Å². The minimum Gasteiger partial charge on any atom is -0.490 e. The van der Waals surface area contributed by atoms with Crippen molar-refractivity contribution in [1.29, 1.82) is 0 Å². The van der Waals surface area contributed by atoms with Gasteiger partial charge in [-0.05, 0) is 0 Å². The van der Waals surface area contributed by atoms with Gasteiger partial charge in [-0.15, -0.1) is 0 Å². The van der Waals surface area contributed by atoms with E-state index in [1.54, 1.807) is 0 Å². The van der Waals surface area contributed by atoms with E-state index in [0.717, 1.165) is 6.33 Å². The van der Waals surface area contributed by atoms with Gasteiger partial charge >= 0.3 is 0 Å². The van der Waals surface area contributed by atoms with Crippen molar-refractivity contribution in [2.45, 2.75) is 0 Å². The number of aromatic amines is 1. The molecule has 0 fully saturated rings. The third kappa shape index (κ3) is 2.21. The number of methoxy groups -OCH3 is 1. The summed E-state index contributed by atoms with van der Waals surface area (Å²) in [5, 5.41) is 8.84. The summed E-state index contributed by atoms with van der Waals surface area (Å²) in [4.78, 5) is 16.3. The zero-order valence-corrected chi connectivity index (χ0v) is 8.29. The summed E-state index contributed by atoms with van der Waals surface area (Å²) in [5.74, 6) is -0.561. The van der Waals surface area contributed by atoms with E-state index >= 15 is 0 Å². The number of nitrogens with zero attached hydrogens (tertiary/aromatic N) is 1. The van der Waals surface area contributed by atoms with Gasteiger partial charge in [0.15, 0.2) is 0 Å². The maximum Gasteiger partial charge on any atom is 0.297 e. The van der Waals surface area contributed by atoms with Gasteiger partial charge in [-0.1, -0.05) is 0 Å². The van der Waals surface area contributed by atoms with Crippen molar-refractivity contribution in [3.63, 3.8) is 0 Å². The summed E-state index contributed by atoms with van der Waals surface area (Å²) in [6.45, 7) is 0. The minimum absolute atomic E-state index is 0. The second kappa shape index (κ2) is 4.38. The average Bonchev–Trinajstić information content (AvgIpc) is 1.88. The zero-order valence-electron chi connectivity index (χ0n) is 6.29. The van der Waals surface area contributed by atoms with Crippen LogP contribution in [0.15, 0.2) is 11.1 Å². The second-order valence-corrected chi connectivity index (χ2v) is 1.59. The number of H-pyrrole nitrogens is 1. The van der Waals surface area contributed by atoms with Crippen LogP contribution in [0.25, 0.3) is 0 Å². The molecule has 0 aromatic carbocycles. The fourth-order valence-corrected chi connectivity index (χ4v) is 0.562. The van der Waals surface area contributed by atoms with Gasteiger partial charge in [0.2, 0.25) is 5.75 Å². The van der Waals surface area contributed by atoms with E-state index in [1.165, 1.54) is 7.11 Å². The second-order valence-electron chi connectivity index (χ2n) is 1.59. The van der Waals surface area contributed by atoms with Crippen LogP contribution in [-0.4, -0.2) is 51.7 Å². The average molecular weight is 165 g/mol. The molecule has 1 heterocycles. The normalized spacial score (nSPS) is 8.45. The molecular formula is C5H6N2NaO3. The van der Waals surface area contributed by atoms with Crippen molar-refractivity contribution in [2.75, 3.05) is 7.11 Å². The van der Waals surface area contributed by atoms with E-state index < -0.39 is 11.4 Å². The Morgan fingerprint density at radius 1 is 1.73 bits per heavy atom. The summed E-state index contributed by atoms with van der Waals surface area (Å²) in [6, 6.07) is 0. The maximum absolute atomic E-state index is 10.7. The summed E-state index contributed by atoms with van der Waals surface area (Å²) >= 11 is 0. The van der Waals surface area contributed by atoms with Gasteiger partial charge in [-0.3, -0.25) is 4.79 Å². The number of rotatable bonds is 1. The molecule has 11 heavy (non-hydrogen) atoms. The van der Waals surface area contributed by atoms with Crippen molar-refractivity contribution in [3.05, 3.63) is 16.7 Å². The maximum atomic E-state index is 10.7. The van der Waals surface area contributed by atoms with Gasteiger partial charge in [-0.2, -0.15) is 0 Å². The molecule has 0 saturated heterocycles. The minimum atomic E-state index is -0.491. The van der Waals surface area contributed by atoms with Crippen molar-refractivity contribution in [1.82, 2.24) is 9.97 Å². The molecule has 0 unspecified atom stereocenters. The molecule has 1 aromatic heterocycles. The molecule has 55 valence electrons. The molecule has 0 saturated carbocycles. The Balaban J connectivity index is 0.000001000. The monoisotopic (exact) mass is 165 g/mol. The van der Waals surface area contributed by atoms with Crippen LogP contribution < -0.4 is 10.3 Å². The van der Waals surface area contributed by atoms with Gasteiger partial charge in [-0.25, -0.2) is 4.98 Å². The van der Waals surface area contributed by atoms with E-state index in [2.05, 4.69) is 14.7 Å². The van der Waals surface area contributed by atoms with Crippen LogP contribution in [0.1, 0.15) is 0 Å². The molecule has 0 bridgehead atoms. The summed E-state index contributed by atoms with van der Waals surface area (Å²) in [6.07, 6.45) is 1.10. The Bertz CT molecular complexity index is 285. The first kappa shape index (κ1) is 10.5. The number of hydrogen-bond acceptors (Lipinski definition) is 4. The van der Waals surface area contributed by atoms with Crippen molar-refractivity contribution in [3.8, 4) is 11.6 Å². The molecule has 0 aliphatic rings.